The summed E-state index contributed by atoms with van der Waals surface area (Å²) in [7, 11) is 0. The van der Waals surface area contributed by atoms with Gasteiger partial charge in [-0.05, 0) is 42.3 Å². The molecule has 1 nitrogen and oxygen atoms in total. The largest absolute Gasteiger partial charge is 0.314 e. The normalized spacial score (nSPS) is 22.8. The van der Waals surface area contributed by atoms with E-state index in [1.54, 1.807) is 6.07 Å². The number of rotatable bonds is 5. The topological polar surface area (TPSA) is 12.0 Å². The summed E-state index contributed by atoms with van der Waals surface area (Å²) in [4.78, 5) is 0. The quantitative estimate of drug-likeness (QED) is 0.850. The van der Waals surface area contributed by atoms with E-state index in [-0.39, 0.29) is 10.8 Å². The highest BCUT2D eigenvalue weighted by Crippen LogP contribution is 2.54. The molecule has 1 aliphatic carbocycles. The molecule has 1 N–H and O–H groups in total. The third-order valence-corrected chi connectivity index (χ3v) is 4.30. The van der Waals surface area contributed by atoms with Gasteiger partial charge in [0.15, 0.2) is 0 Å². The lowest BCUT2D eigenvalue weighted by atomic mass is 9.97. The van der Waals surface area contributed by atoms with Crippen LogP contribution in [0.15, 0.2) is 18.2 Å². The van der Waals surface area contributed by atoms with Crippen molar-refractivity contribution in [3.05, 3.63) is 34.6 Å². The Morgan fingerprint density at radius 1 is 1.50 bits per heavy atom. The van der Waals surface area contributed by atoms with Gasteiger partial charge >= 0.3 is 0 Å². The fourth-order valence-electron chi connectivity index (χ4n) is 2.76. The van der Waals surface area contributed by atoms with Gasteiger partial charge in [-0.15, -0.1) is 0 Å². The lowest BCUT2D eigenvalue weighted by Crippen LogP contribution is -2.34. The van der Waals surface area contributed by atoms with E-state index in [1.807, 2.05) is 12.1 Å². The van der Waals surface area contributed by atoms with Crippen LogP contribution in [0.5, 0.6) is 0 Å². The molecule has 1 aliphatic rings. The van der Waals surface area contributed by atoms with E-state index < -0.39 is 0 Å². The molecule has 18 heavy (non-hydrogen) atoms. The van der Waals surface area contributed by atoms with Crippen molar-refractivity contribution in [1.82, 2.24) is 5.32 Å². The summed E-state index contributed by atoms with van der Waals surface area (Å²) in [5.41, 5.74) is 1.11. The summed E-state index contributed by atoms with van der Waals surface area (Å²) in [5, 5.41) is 3.71. The van der Waals surface area contributed by atoms with Gasteiger partial charge in [-0.1, -0.05) is 44.5 Å². The lowest BCUT2D eigenvalue weighted by molar-refractivity contribution is 0.405. The minimum absolute atomic E-state index is 0.220. The van der Waals surface area contributed by atoms with E-state index in [4.69, 9.17) is 11.6 Å². The zero-order valence-corrected chi connectivity index (χ0v) is 12.0. The minimum atomic E-state index is -0.263. The fourth-order valence-corrected chi connectivity index (χ4v) is 2.95. The number of benzene rings is 1. The molecule has 100 valence electrons. The van der Waals surface area contributed by atoms with Crippen molar-refractivity contribution < 1.29 is 4.39 Å². The van der Waals surface area contributed by atoms with E-state index in [1.165, 1.54) is 6.42 Å². The Labute approximate surface area is 114 Å². The Hall–Kier alpha value is -0.600. The van der Waals surface area contributed by atoms with E-state index >= 15 is 0 Å². The maximum atomic E-state index is 13.9. The van der Waals surface area contributed by atoms with Gasteiger partial charge in [0, 0.05) is 6.04 Å². The van der Waals surface area contributed by atoms with Crippen LogP contribution in [-0.4, -0.2) is 12.6 Å². The molecule has 2 atom stereocenters. The highest BCUT2D eigenvalue weighted by molar-refractivity contribution is 6.30. The van der Waals surface area contributed by atoms with Crippen LogP contribution in [-0.2, 0) is 6.42 Å². The summed E-state index contributed by atoms with van der Waals surface area (Å²) >= 11 is 5.83. The molecule has 0 aromatic heterocycles. The smallest absolute Gasteiger partial charge is 0.145 e. The molecule has 0 heterocycles. The molecule has 3 heteroatoms. The Bertz CT molecular complexity index is 431. The predicted molar refractivity (Wildman–Crippen MR) is 74.5 cm³/mol. The molecule has 2 unspecified atom stereocenters. The van der Waals surface area contributed by atoms with Crippen molar-refractivity contribution in [2.24, 2.45) is 11.3 Å². The van der Waals surface area contributed by atoms with E-state index in [2.05, 4.69) is 26.1 Å². The Morgan fingerprint density at radius 2 is 2.17 bits per heavy atom. The molecule has 2 rings (SSSR count). The first kappa shape index (κ1) is 13.8. The third kappa shape index (κ3) is 2.86. The van der Waals surface area contributed by atoms with Gasteiger partial charge in [0.1, 0.15) is 5.82 Å². The second kappa shape index (κ2) is 5.18. The van der Waals surface area contributed by atoms with Crippen molar-refractivity contribution in [1.29, 1.82) is 0 Å². The zero-order chi connectivity index (χ0) is 13.3. The third-order valence-electron chi connectivity index (χ3n) is 4.01. The van der Waals surface area contributed by atoms with Crippen LogP contribution in [0.25, 0.3) is 0 Å². The van der Waals surface area contributed by atoms with Crippen molar-refractivity contribution in [3.8, 4) is 0 Å². The standard InChI is InChI=1S/C15H21ClFN/c1-4-18-13(11-9-15(11,2)3)8-10-6-5-7-12(16)14(10)17/h5-7,11,13,18H,4,8-9H2,1-3H3. The van der Waals surface area contributed by atoms with Gasteiger partial charge in [-0.25, -0.2) is 4.39 Å². The molecule has 0 bridgehead atoms. The monoisotopic (exact) mass is 269 g/mol. The van der Waals surface area contributed by atoms with Crippen molar-refractivity contribution in [2.75, 3.05) is 6.54 Å². The van der Waals surface area contributed by atoms with E-state index in [0.29, 0.717) is 23.8 Å². The molecule has 0 aliphatic heterocycles. The second-order valence-electron chi connectivity index (χ2n) is 5.88. The summed E-state index contributed by atoms with van der Waals surface area (Å²) in [6, 6.07) is 5.60. The summed E-state index contributed by atoms with van der Waals surface area (Å²) in [6.07, 6.45) is 1.93. The first-order chi connectivity index (χ1) is 8.45. The summed E-state index contributed by atoms with van der Waals surface area (Å²) in [6.45, 7) is 7.56. The van der Waals surface area contributed by atoms with Crippen molar-refractivity contribution >= 4 is 11.6 Å². The molecule has 0 spiro atoms. The molecule has 1 fully saturated rings. The Morgan fingerprint density at radius 3 is 2.72 bits per heavy atom. The second-order valence-corrected chi connectivity index (χ2v) is 6.29. The summed E-state index contributed by atoms with van der Waals surface area (Å²) < 4.78 is 13.9. The van der Waals surface area contributed by atoms with Crippen LogP contribution in [0, 0.1) is 17.2 Å². The maximum Gasteiger partial charge on any atom is 0.145 e. The molecule has 0 saturated heterocycles. The molecule has 1 aromatic carbocycles. The van der Waals surface area contributed by atoms with Crippen LogP contribution < -0.4 is 5.32 Å². The van der Waals surface area contributed by atoms with Crippen LogP contribution in [0.3, 0.4) is 0 Å². The minimum Gasteiger partial charge on any atom is -0.314 e. The van der Waals surface area contributed by atoms with Gasteiger partial charge < -0.3 is 5.32 Å². The zero-order valence-electron chi connectivity index (χ0n) is 11.3. The number of hydrogen-bond donors (Lipinski definition) is 1. The number of likely N-dealkylation sites (N-methyl/N-ethyl adjacent to an activating group) is 1. The lowest BCUT2D eigenvalue weighted by Gasteiger charge is -2.20. The Kier molecular flexibility index (Phi) is 3.98. The number of halogens is 2. The SMILES string of the molecule is CCNC(Cc1cccc(Cl)c1F)C1CC1(C)C. The molecular weight excluding hydrogens is 249 g/mol. The maximum absolute atomic E-state index is 13.9. The van der Waals surface area contributed by atoms with Gasteiger partial charge in [0.25, 0.3) is 0 Å². The van der Waals surface area contributed by atoms with Gasteiger partial charge in [-0.3, -0.25) is 0 Å². The van der Waals surface area contributed by atoms with Gasteiger partial charge in [-0.2, -0.15) is 0 Å². The van der Waals surface area contributed by atoms with Crippen LogP contribution in [0.2, 0.25) is 5.02 Å². The first-order valence-corrected chi connectivity index (χ1v) is 6.99. The molecule has 0 amide bonds. The predicted octanol–water partition coefficient (Wildman–Crippen LogP) is 4.05. The van der Waals surface area contributed by atoms with Crippen LogP contribution in [0.4, 0.5) is 4.39 Å². The number of nitrogens with one attached hydrogen (secondary N) is 1. The van der Waals surface area contributed by atoms with E-state index in [0.717, 1.165) is 12.1 Å². The highest BCUT2D eigenvalue weighted by Gasteiger charge is 2.49. The summed E-state index contributed by atoms with van der Waals surface area (Å²) in [5.74, 6) is 0.372. The average Bonchev–Trinajstić information content (AvgIpc) is 2.93. The van der Waals surface area contributed by atoms with Crippen molar-refractivity contribution in [2.45, 2.75) is 39.7 Å². The Balaban J connectivity index is 2.12. The fraction of sp³-hybridized carbons (Fsp3) is 0.600. The van der Waals surface area contributed by atoms with Gasteiger partial charge in [0.2, 0.25) is 0 Å². The van der Waals surface area contributed by atoms with Crippen LogP contribution >= 0.6 is 11.6 Å². The van der Waals surface area contributed by atoms with Gasteiger partial charge in [0.05, 0.1) is 5.02 Å². The van der Waals surface area contributed by atoms with E-state index in [9.17, 15) is 4.39 Å². The average molecular weight is 270 g/mol. The van der Waals surface area contributed by atoms with Crippen molar-refractivity contribution in [3.63, 3.8) is 0 Å². The highest BCUT2D eigenvalue weighted by atomic mass is 35.5. The molecular formula is C15H21ClFN. The number of hydrogen-bond acceptors (Lipinski definition) is 1. The molecule has 1 aromatic rings. The molecule has 0 radical (unpaired) electrons. The van der Waals surface area contributed by atoms with Crippen LogP contribution in [0.1, 0.15) is 32.8 Å². The first-order valence-electron chi connectivity index (χ1n) is 6.62. The molecule has 1 saturated carbocycles.